The summed E-state index contributed by atoms with van der Waals surface area (Å²) in [5, 5.41) is 12.7. The van der Waals surface area contributed by atoms with Gasteiger partial charge in [-0.15, -0.1) is 0 Å². The van der Waals surface area contributed by atoms with Gasteiger partial charge in [0, 0.05) is 46.9 Å². The monoisotopic (exact) mass is 528 g/mol. The van der Waals surface area contributed by atoms with Gasteiger partial charge in [-0.3, -0.25) is 29.8 Å². The average molecular weight is 529 g/mol. The summed E-state index contributed by atoms with van der Waals surface area (Å²) in [4.78, 5) is 34.1. The van der Waals surface area contributed by atoms with Crippen molar-refractivity contribution in [3.8, 4) is 33.9 Å². The molecule has 0 radical (unpaired) electrons. The number of H-pyrrole nitrogens is 2. The van der Waals surface area contributed by atoms with Crippen molar-refractivity contribution in [3.63, 3.8) is 0 Å². The maximum Gasteiger partial charge on any atom is 0.224 e. The Labute approximate surface area is 230 Å². The predicted molar refractivity (Wildman–Crippen MR) is 155 cm³/mol. The highest BCUT2D eigenvalue weighted by atomic mass is 16.1. The van der Waals surface area contributed by atoms with Crippen LogP contribution in [0.5, 0.6) is 0 Å². The molecular weight excluding hydrogens is 500 g/mol. The first-order valence-corrected chi connectivity index (χ1v) is 13.7. The molecule has 0 atom stereocenters. The number of fused-ring (bicyclic) bond motifs is 2. The van der Waals surface area contributed by atoms with Crippen LogP contribution in [0.1, 0.15) is 38.5 Å². The highest BCUT2D eigenvalue weighted by Gasteiger charge is 2.18. The Hall–Kier alpha value is -4.92. The molecule has 1 fully saturated rings. The van der Waals surface area contributed by atoms with E-state index in [1.165, 1.54) is 19.3 Å². The largest absolute Gasteiger partial charge is 0.352 e. The van der Waals surface area contributed by atoms with Gasteiger partial charge >= 0.3 is 0 Å². The van der Waals surface area contributed by atoms with Crippen LogP contribution in [0, 0.1) is 5.92 Å². The highest BCUT2D eigenvalue weighted by Crippen LogP contribution is 2.34. The highest BCUT2D eigenvalue weighted by molar-refractivity contribution is 6.00. The van der Waals surface area contributed by atoms with E-state index in [-0.39, 0.29) is 5.91 Å². The number of hydrogen-bond donors (Lipinski definition) is 3. The Bertz CT molecular complexity index is 1820. The molecule has 1 aliphatic rings. The molecule has 198 valence electrons. The second kappa shape index (κ2) is 10.3. The lowest BCUT2D eigenvalue weighted by atomic mass is 9.87. The van der Waals surface area contributed by atoms with Gasteiger partial charge in [0.1, 0.15) is 5.69 Å². The fraction of sp³-hybridized carbons (Fsp3) is 0.226. The SMILES string of the molecule is O=C(CC1CCCCC1)Nc1cncc(-c2cc3c(-c4cc5c(-c6ccccn6)cncc5[nH]4)n[nH]c3cn2)c1. The third-order valence-electron chi connectivity index (χ3n) is 7.71. The molecule has 0 bridgehead atoms. The number of aromatic nitrogens is 7. The minimum atomic E-state index is 0.0461. The van der Waals surface area contributed by atoms with Crippen LogP contribution in [0.4, 0.5) is 5.69 Å². The van der Waals surface area contributed by atoms with E-state index in [0.717, 1.165) is 68.6 Å². The van der Waals surface area contributed by atoms with Crippen molar-refractivity contribution in [2.75, 3.05) is 5.32 Å². The van der Waals surface area contributed by atoms with E-state index in [2.05, 4.69) is 46.5 Å². The van der Waals surface area contributed by atoms with Gasteiger partial charge in [-0.1, -0.05) is 25.3 Å². The molecular formula is C31H28N8O. The molecule has 9 heteroatoms. The average Bonchev–Trinajstić information content (AvgIpc) is 3.62. The van der Waals surface area contributed by atoms with Crippen LogP contribution in [-0.4, -0.2) is 41.0 Å². The van der Waals surface area contributed by atoms with Crippen LogP contribution in [0.3, 0.4) is 0 Å². The van der Waals surface area contributed by atoms with E-state index < -0.39 is 0 Å². The zero-order chi connectivity index (χ0) is 26.9. The summed E-state index contributed by atoms with van der Waals surface area (Å²) in [6.07, 6.45) is 17.2. The fourth-order valence-electron chi connectivity index (χ4n) is 5.70. The summed E-state index contributed by atoms with van der Waals surface area (Å²) in [6, 6.07) is 11.9. The van der Waals surface area contributed by atoms with Crippen LogP contribution >= 0.6 is 0 Å². The second-order valence-corrected chi connectivity index (χ2v) is 10.5. The van der Waals surface area contributed by atoms with E-state index in [1.807, 2.05) is 42.7 Å². The van der Waals surface area contributed by atoms with E-state index in [9.17, 15) is 4.79 Å². The number of carbonyl (C=O) groups excluding carboxylic acids is 1. The second-order valence-electron chi connectivity index (χ2n) is 10.5. The number of nitrogens with zero attached hydrogens (tertiary/aromatic N) is 5. The molecule has 1 saturated carbocycles. The number of aromatic amines is 2. The van der Waals surface area contributed by atoms with Crippen molar-refractivity contribution in [1.82, 2.24) is 35.1 Å². The number of pyridine rings is 4. The van der Waals surface area contributed by atoms with Crippen molar-refractivity contribution >= 4 is 33.4 Å². The van der Waals surface area contributed by atoms with Crippen molar-refractivity contribution in [1.29, 1.82) is 0 Å². The fourth-order valence-corrected chi connectivity index (χ4v) is 5.70. The van der Waals surface area contributed by atoms with Crippen molar-refractivity contribution in [3.05, 3.63) is 73.6 Å². The van der Waals surface area contributed by atoms with Crippen molar-refractivity contribution < 1.29 is 4.79 Å². The summed E-state index contributed by atoms with van der Waals surface area (Å²) >= 11 is 0. The normalized spacial score (nSPS) is 14.1. The third-order valence-corrected chi connectivity index (χ3v) is 7.71. The van der Waals surface area contributed by atoms with Gasteiger partial charge in [0.25, 0.3) is 0 Å². The summed E-state index contributed by atoms with van der Waals surface area (Å²) in [5.74, 6) is 0.527. The van der Waals surface area contributed by atoms with Crippen molar-refractivity contribution in [2.45, 2.75) is 38.5 Å². The quantitative estimate of drug-likeness (QED) is 0.226. The molecule has 9 nitrogen and oxygen atoms in total. The van der Waals surface area contributed by atoms with Gasteiger partial charge in [-0.25, -0.2) is 0 Å². The van der Waals surface area contributed by atoms with E-state index in [0.29, 0.717) is 18.0 Å². The van der Waals surface area contributed by atoms with Crippen molar-refractivity contribution in [2.24, 2.45) is 5.92 Å². The lowest BCUT2D eigenvalue weighted by Crippen LogP contribution is -2.18. The third kappa shape index (κ3) is 4.70. The number of amides is 1. The summed E-state index contributed by atoms with van der Waals surface area (Å²) in [5.41, 5.74) is 7.45. The lowest BCUT2D eigenvalue weighted by Gasteiger charge is -2.20. The zero-order valence-corrected chi connectivity index (χ0v) is 21.9. The Balaban J connectivity index is 1.19. The molecule has 40 heavy (non-hydrogen) atoms. The van der Waals surface area contributed by atoms with Gasteiger partial charge < -0.3 is 10.3 Å². The Morgan fingerprint density at radius 2 is 1.77 bits per heavy atom. The number of hydrogen-bond acceptors (Lipinski definition) is 6. The standard InChI is InChI=1S/C31H28N8O/c40-30(10-19-6-2-1-3-7-19)36-21-11-20(14-32-15-21)26-13-23-29(18-35-26)38-39-31(23)27-12-22-24(16-33-17-28(22)37-27)25-8-4-5-9-34-25/h4-5,8-9,11-19,37H,1-3,6-7,10H2,(H,36,40)(H,38,39). The van der Waals surface area contributed by atoms with Gasteiger partial charge in [0.15, 0.2) is 0 Å². The molecule has 0 unspecified atom stereocenters. The maximum atomic E-state index is 12.7. The molecule has 0 saturated heterocycles. The summed E-state index contributed by atoms with van der Waals surface area (Å²) < 4.78 is 0. The number of anilines is 1. The Morgan fingerprint density at radius 1 is 0.875 bits per heavy atom. The molecule has 1 aliphatic carbocycles. The molecule has 6 aromatic rings. The molecule has 0 spiro atoms. The van der Waals surface area contributed by atoms with Crippen LogP contribution < -0.4 is 5.32 Å². The van der Waals surface area contributed by atoms with E-state index >= 15 is 0 Å². The topological polar surface area (TPSA) is 125 Å². The number of rotatable bonds is 6. The first kappa shape index (κ1) is 24.1. The Morgan fingerprint density at radius 3 is 2.65 bits per heavy atom. The molecule has 3 N–H and O–H groups in total. The van der Waals surface area contributed by atoms with Crippen LogP contribution in [0.2, 0.25) is 0 Å². The van der Waals surface area contributed by atoms with Crippen LogP contribution in [0.15, 0.2) is 73.6 Å². The minimum absolute atomic E-state index is 0.0461. The van der Waals surface area contributed by atoms with Gasteiger partial charge in [-0.2, -0.15) is 5.10 Å². The first-order chi connectivity index (χ1) is 19.7. The molecule has 7 rings (SSSR count). The summed E-state index contributed by atoms with van der Waals surface area (Å²) in [7, 11) is 0. The lowest BCUT2D eigenvalue weighted by molar-refractivity contribution is -0.117. The first-order valence-electron chi connectivity index (χ1n) is 13.7. The molecule has 6 heterocycles. The van der Waals surface area contributed by atoms with Crippen LogP contribution in [0.25, 0.3) is 55.7 Å². The number of carbonyl (C=O) groups is 1. The smallest absolute Gasteiger partial charge is 0.224 e. The minimum Gasteiger partial charge on any atom is -0.352 e. The predicted octanol–water partition coefficient (Wildman–Crippen LogP) is 6.53. The number of nitrogens with one attached hydrogen (secondary N) is 3. The van der Waals surface area contributed by atoms with Gasteiger partial charge in [-0.05, 0) is 49.1 Å². The zero-order valence-electron chi connectivity index (χ0n) is 21.9. The molecule has 6 aromatic heterocycles. The van der Waals surface area contributed by atoms with Gasteiger partial charge in [0.05, 0.1) is 52.4 Å². The van der Waals surface area contributed by atoms with E-state index in [1.54, 1.807) is 24.8 Å². The molecule has 0 aromatic carbocycles. The maximum absolute atomic E-state index is 12.7. The van der Waals surface area contributed by atoms with E-state index in [4.69, 9.17) is 0 Å². The van der Waals surface area contributed by atoms with Crippen LogP contribution in [-0.2, 0) is 4.79 Å². The van der Waals surface area contributed by atoms with Gasteiger partial charge in [0.2, 0.25) is 5.91 Å². The molecule has 1 amide bonds. The Kier molecular flexibility index (Phi) is 6.24. The summed E-state index contributed by atoms with van der Waals surface area (Å²) in [6.45, 7) is 0. The molecule has 0 aliphatic heterocycles.